The summed E-state index contributed by atoms with van der Waals surface area (Å²) in [5, 5.41) is 4.25. The average Bonchev–Trinajstić information content (AvgIpc) is 3.25. The van der Waals surface area contributed by atoms with Crippen LogP contribution in [0.2, 0.25) is 0 Å². The minimum absolute atomic E-state index is 0.0801. The van der Waals surface area contributed by atoms with Gasteiger partial charge in [-0.25, -0.2) is 9.97 Å². The van der Waals surface area contributed by atoms with Crippen molar-refractivity contribution in [2.45, 2.75) is 39.4 Å². The summed E-state index contributed by atoms with van der Waals surface area (Å²) >= 11 is 0. The van der Waals surface area contributed by atoms with Gasteiger partial charge in [0.05, 0.1) is 5.39 Å². The molecule has 1 aliphatic rings. The smallest absolute Gasteiger partial charge is 0.245 e. The zero-order valence-corrected chi connectivity index (χ0v) is 14.4. The molecule has 0 spiro atoms. The van der Waals surface area contributed by atoms with E-state index in [1.807, 2.05) is 30.2 Å². The number of amides is 1. The Balaban J connectivity index is 1.54. The van der Waals surface area contributed by atoms with Gasteiger partial charge in [0.2, 0.25) is 5.91 Å². The molecule has 25 heavy (non-hydrogen) atoms. The molecule has 0 radical (unpaired) electrons. The van der Waals surface area contributed by atoms with E-state index >= 15 is 0 Å². The van der Waals surface area contributed by atoms with Gasteiger partial charge in [0.1, 0.15) is 23.8 Å². The number of hydrogen-bond acceptors (Lipinski definition) is 4. The van der Waals surface area contributed by atoms with E-state index in [4.69, 9.17) is 0 Å². The molecule has 0 bridgehead atoms. The Labute approximate surface area is 146 Å². The number of aromatic nitrogens is 3. The number of rotatable bonds is 4. The van der Waals surface area contributed by atoms with Gasteiger partial charge in [0, 0.05) is 19.3 Å². The molecular formula is C19H21N5O. The highest BCUT2D eigenvalue weighted by Gasteiger charge is 2.27. The van der Waals surface area contributed by atoms with Gasteiger partial charge in [0.15, 0.2) is 0 Å². The maximum absolute atomic E-state index is 12.9. The number of carbonyl (C=O) groups is 1. The number of H-pyrrole nitrogens is 1. The summed E-state index contributed by atoms with van der Waals surface area (Å²) in [6.45, 7) is 5.32. The van der Waals surface area contributed by atoms with Gasteiger partial charge in [-0.1, -0.05) is 31.2 Å². The number of fused-ring (bicyclic) bond motifs is 2. The maximum atomic E-state index is 12.9. The van der Waals surface area contributed by atoms with Gasteiger partial charge in [0.25, 0.3) is 0 Å². The predicted molar refractivity (Wildman–Crippen MR) is 97.0 cm³/mol. The Morgan fingerprint density at radius 2 is 2.00 bits per heavy atom. The molecule has 4 rings (SSSR count). The number of anilines is 1. The van der Waals surface area contributed by atoms with Crippen LogP contribution in [-0.4, -0.2) is 31.8 Å². The number of aromatic amines is 1. The first-order chi connectivity index (χ1) is 12.2. The number of carbonyl (C=O) groups excluding carboxylic acids is 1. The van der Waals surface area contributed by atoms with Crippen LogP contribution in [0, 0.1) is 0 Å². The molecule has 2 N–H and O–H groups in total. The molecule has 0 aliphatic carbocycles. The van der Waals surface area contributed by atoms with Crippen LogP contribution in [0.25, 0.3) is 11.0 Å². The molecule has 0 saturated heterocycles. The maximum Gasteiger partial charge on any atom is 0.245 e. The summed E-state index contributed by atoms with van der Waals surface area (Å²) in [4.78, 5) is 26.5. The van der Waals surface area contributed by atoms with E-state index in [1.165, 1.54) is 17.5 Å². The van der Waals surface area contributed by atoms with Crippen LogP contribution < -0.4 is 5.32 Å². The first-order valence-electron chi connectivity index (χ1n) is 8.60. The number of aryl methyl sites for hydroxylation is 1. The Kier molecular flexibility index (Phi) is 3.87. The first kappa shape index (κ1) is 15.6. The van der Waals surface area contributed by atoms with E-state index < -0.39 is 0 Å². The zero-order chi connectivity index (χ0) is 17.4. The summed E-state index contributed by atoms with van der Waals surface area (Å²) in [7, 11) is 0. The predicted octanol–water partition coefficient (Wildman–Crippen LogP) is 2.86. The third-order valence-corrected chi connectivity index (χ3v) is 4.81. The molecule has 3 heterocycles. The Morgan fingerprint density at radius 3 is 2.68 bits per heavy atom. The van der Waals surface area contributed by atoms with Crippen molar-refractivity contribution in [3.63, 3.8) is 0 Å². The fourth-order valence-corrected chi connectivity index (χ4v) is 3.44. The molecule has 1 aliphatic heterocycles. The van der Waals surface area contributed by atoms with Crippen molar-refractivity contribution in [3.8, 4) is 0 Å². The highest BCUT2D eigenvalue weighted by Crippen LogP contribution is 2.26. The molecule has 3 aromatic rings. The largest absolute Gasteiger partial charge is 0.358 e. The van der Waals surface area contributed by atoms with E-state index in [0.717, 1.165) is 23.0 Å². The van der Waals surface area contributed by atoms with Crippen molar-refractivity contribution < 1.29 is 4.79 Å². The lowest BCUT2D eigenvalue weighted by atomic mass is 10.1. The minimum Gasteiger partial charge on any atom is -0.358 e. The standard InChI is InChI=1S/C19H21N5O/c1-3-13-8-20-17-16(13)18(22-11-21-17)23-12(2)19(25)24-9-14-6-4-5-7-15(14)10-24/h4-8,11-12H,3,9-10H2,1-2H3,(H2,20,21,22,23)/t12-/m1/s1. The average molecular weight is 335 g/mol. The van der Waals surface area contributed by atoms with Crippen molar-refractivity contribution in [2.24, 2.45) is 0 Å². The molecule has 0 saturated carbocycles. The van der Waals surface area contributed by atoms with Crippen LogP contribution >= 0.6 is 0 Å². The molecule has 1 atom stereocenters. The SMILES string of the molecule is CCc1c[nH]c2ncnc(N[C@H](C)C(=O)N3Cc4ccccc4C3)c12. The van der Waals surface area contributed by atoms with Crippen LogP contribution in [0.3, 0.4) is 0 Å². The van der Waals surface area contributed by atoms with Crippen molar-refractivity contribution in [1.82, 2.24) is 19.9 Å². The lowest BCUT2D eigenvalue weighted by molar-refractivity contribution is -0.132. The highest BCUT2D eigenvalue weighted by molar-refractivity contribution is 5.93. The molecule has 128 valence electrons. The van der Waals surface area contributed by atoms with E-state index in [1.54, 1.807) is 0 Å². The summed E-state index contributed by atoms with van der Waals surface area (Å²) in [6.07, 6.45) is 4.35. The second kappa shape index (κ2) is 6.20. The monoisotopic (exact) mass is 335 g/mol. The minimum atomic E-state index is -0.355. The molecular weight excluding hydrogens is 314 g/mol. The number of hydrogen-bond donors (Lipinski definition) is 2. The van der Waals surface area contributed by atoms with Gasteiger partial charge in [-0.2, -0.15) is 0 Å². The molecule has 0 unspecified atom stereocenters. The van der Waals surface area contributed by atoms with Crippen molar-refractivity contribution in [2.75, 3.05) is 5.32 Å². The van der Waals surface area contributed by atoms with Crippen molar-refractivity contribution in [1.29, 1.82) is 0 Å². The van der Waals surface area contributed by atoms with Crippen LogP contribution in [-0.2, 0) is 24.3 Å². The lowest BCUT2D eigenvalue weighted by Crippen LogP contribution is -2.38. The third-order valence-electron chi connectivity index (χ3n) is 4.81. The van der Waals surface area contributed by atoms with Crippen LogP contribution in [0.4, 0.5) is 5.82 Å². The third kappa shape index (κ3) is 2.73. The fourth-order valence-electron chi connectivity index (χ4n) is 3.44. The lowest BCUT2D eigenvalue weighted by Gasteiger charge is -2.22. The molecule has 0 fully saturated rings. The summed E-state index contributed by atoms with van der Waals surface area (Å²) in [5.74, 6) is 0.789. The van der Waals surface area contributed by atoms with Crippen LogP contribution in [0.1, 0.15) is 30.5 Å². The molecule has 1 aromatic carbocycles. The summed E-state index contributed by atoms with van der Waals surface area (Å²) in [6, 6.07) is 7.85. The highest BCUT2D eigenvalue weighted by atomic mass is 16.2. The van der Waals surface area contributed by atoms with Gasteiger partial charge in [-0.3, -0.25) is 4.79 Å². The molecule has 6 heteroatoms. The first-order valence-corrected chi connectivity index (χ1v) is 8.60. The van der Waals surface area contributed by atoms with E-state index in [0.29, 0.717) is 18.9 Å². The number of nitrogens with one attached hydrogen (secondary N) is 2. The fraction of sp³-hybridized carbons (Fsp3) is 0.316. The second-order valence-electron chi connectivity index (χ2n) is 6.44. The van der Waals surface area contributed by atoms with Crippen molar-refractivity contribution in [3.05, 3.63) is 53.5 Å². The Bertz CT molecular complexity index is 907. The normalized spacial score (nSPS) is 14.6. The summed E-state index contributed by atoms with van der Waals surface area (Å²) in [5.41, 5.74) is 4.40. The molecule has 6 nitrogen and oxygen atoms in total. The quantitative estimate of drug-likeness (QED) is 0.769. The van der Waals surface area contributed by atoms with Gasteiger partial charge in [-0.15, -0.1) is 0 Å². The number of nitrogens with zero attached hydrogens (tertiary/aromatic N) is 3. The second-order valence-corrected chi connectivity index (χ2v) is 6.44. The zero-order valence-electron chi connectivity index (χ0n) is 14.4. The van der Waals surface area contributed by atoms with Gasteiger partial charge >= 0.3 is 0 Å². The van der Waals surface area contributed by atoms with Gasteiger partial charge in [-0.05, 0) is 30.0 Å². The molecule has 2 aromatic heterocycles. The Morgan fingerprint density at radius 1 is 1.28 bits per heavy atom. The van der Waals surface area contributed by atoms with E-state index in [2.05, 4.69) is 39.3 Å². The topological polar surface area (TPSA) is 73.9 Å². The van der Waals surface area contributed by atoms with Crippen LogP contribution in [0.5, 0.6) is 0 Å². The van der Waals surface area contributed by atoms with Crippen LogP contribution in [0.15, 0.2) is 36.8 Å². The Hall–Kier alpha value is -2.89. The number of benzene rings is 1. The van der Waals surface area contributed by atoms with Crippen molar-refractivity contribution >= 4 is 22.8 Å². The molecule has 1 amide bonds. The van der Waals surface area contributed by atoms with Gasteiger partial charge < -0.3 is 15.2 Å². The summed E-state index contributed by atoms with van der Waals surface area (Å²) < 4.78 is 0. The van der Waals surface area contributed by atoms with E-state index in [9.17, 15) is 4.79 Å². The van der Waals surface area contributed by atoms with E-state index in [-0.39, 0.29) is 11.9 Å².